The van der Waals surface area contributed by atoms with Gasteiger partial charge < -0.3 is 4.74 Å². The molecule has 1 aromatic rings. The second-order valence-corrected chi connectivity index (χ2v) is 7.83. The Labute approximate surface area is 147 Å². The highest BCUT2D eigenvalue weighted by atomic mass is 16.5. The number of allylic oxidation sites excluding steroid dienone is 2. The van der Waals surface area contributed by atoms with Crippen LogP contribution in [-0.2, 0) is 4.74 Å². The minimum absolute atomic E-state index is 0.495. The Kier molecular flexibility index (Phi) is 6.31. The van der Waals surface area contributed by atoms with Crippen molar-refractivity contribution < 1.29 is 4.74 Å². The summed E-state index contributed by atoms with van der Waals surface area (Å²) in [5.74, 6) is 1.53. The van der Waals surface area contributed by atoms with E-state index in [1.807, 2.05) is 0 Å². The van der Waals surface area contributed by atoms with E-state index >= 15 is 0 Å². The largest absolute Gasteiger partial charge is 0.378 e. The normalized spacial score (nSPS) is 26.1. The zero-order valence-corrected chi connectivity index (χ0v) is 15.2. The smallest absolute Gasteiger partial charge is 0.0581 e. The third-order valence-electron chi connectivity index (χ3n) is 5.74. The summed E-state index contributed by atoms with van der Waals surface area (Å²) >= 11 is 0. The number of ether oxygens (including phenoxy) is 1. The molecule has 1 heteroatoms. The highest BCUT2D eigenvalue weighted by Crippen LogP contribution is 2.31. The molecule has 0 spiro atoms. The van der Waals surface area contributed by atoms with E-state index in [1.165, 1.54) is 68.1 Å². The first-order valence-corrected chi connectivity index (χ1v) is 9.72. The summed E-state index contributed by atoms with van der Waals surface area (Å²) in [4.78, 5) is 0. The van der Waals surface area contributed by atoms with Crippen LogP contribution in [0.15, 0.2) is 42.5 Å². The summed E-state index contributed by atoms with van der Waals surface area (Å²) in [5.41, 5.74) is 4.07. The van der Waals surface area contributed by atoms with Crippen LogP contribution in [-0.4, -0.2) is 12.7 Å². The Morgan fingerprint density at radius 2 is 1.67 bits per heavy atom. The summed E-state index contributed by atoms with van der Waals surface area (Å²) in [5, 5.41) is 0. The molecule has 3 rings (SSSR count). The van der Waals surface area contributed by atoms with Gasteiger partial charge in [-0.3, -0.25) is 0 Å². The first kappa shape index (κ1) is 17.5. The quantitative estimate of drug-likeness (QED) is 0.575. The van der Waals surface area contributed by atoms with Crippen LogP contribution in [0, 0.1) is 18.8 Å². The molecule has 0 heterocycles. The Bertz CT molecular complexity index is 536. The van der Waals surface area contributed by atoms with E-state index in [-0.39, 0.29) is 0 Å². The molecule has 2 aliphatic rings. The van der Waals surface area contributed by atoms with Crippen molar-refractivity contribution in [3.05, 3.63) is 53.6 Å². The third-order valence-corrected chi connectivity index (χ3v) is 5.74. The zero-order valence-electron chi connectivity index (χ0n) is 15.2. The van der Waals surface area contributed by atoms with Crippen molar-refractivity contribution in [1.29, 1.82) is 0 Å². The minimum atomic E-state index is 0.495. The second-order valence-electron chi connectivity index (χ2n) is 7.83. The summed E-state index contributed by atoms with van der Waals surface area (Å²) in [6, 6.07) is 8.80. The van der Waals surface area contributed by atoms with Crippen LogP contribution in [0.4, 0.5) is 0 Å². The zero-order chi connectivity index (χ0) is 16.8. The topological polar surface area (TPSA) is 9.23 Å². The monoisotopic (exact) mass is 324 g/mol. The van der Waals surface area contributed by atoms with Gasteiger partial charge in [0.05, 0.1) is 6.10 Å². The number of benzene rings is 1. The molecule has 2 fully saturated rings. The van der Waals surface area contributed by atoms with Gasteiger partial charge in [-0.15, -0.1) is 0 Å². The molecule has 0 atom stereocenters. The maximum Gasteiger partial charge on any atom is 0.0581 e. The average molecular weight is 325 g/mol. The first-order chi connectivity index (χ1) is 11.7. The van der Waals surface area contributed by atoms with E-state index in [0.29, 0.717) is 6.10 Å². The molecule has 1 nitrogen and oxygen atoms in total. The van der Waals surface area contributed by atoms with Gasteiger partial charge in [0.2, 0.25) is 0 Å². The summed E-state index contributed by atoms with van der Waals surface area (Å²) in [6.07, 6.45) is 15.2. The van der Waals surface area contributed by atoms with Crippen molar-refractivity contribution in [3.63, 3.8) is 0 Å². The standard InChI is InChI=1S/C23H32O/c1-18-3-7-20(8-4-18)9-10-21-11-13-22(14-12-21)17-24-23-15-5-19(2)6-16-23/h3-4,7-10,21-23H,2,5-6,11-17H2,1H3. The van der Waals surface area contributed by atoms with Crippen molar-refractivity contribution in [2.75, 3.05) is 6.61 Å². The summed E-state index contributed by atoms with van der Waals surface area (Å²) in [7, 11) is 0. The molecule has 2 aliphatic carbocycles. The molecule has 0 aromatic heterocycles. The molecule has 1 aromatic carbocycles. The lowest BCUT2D eigenvalue weighted by Crippen LogP contribution is -2.24. The molecule has 0 radical (unpaired) electrons. The molecule has 0 saturated heterocycles. The van der Waals surface area contributed by atoms with E-state index in [9.17, 15) is 0 Å². The van der Waals surface area contributed by atoms with Gasteiger partial charge in [-0.25, -0.2) is 0 Å². The van der Waals surface area contributed by atoms with Crippen molar-refractivity contribution in [2.24, 2.45) is 11.8 Å². The van der Waals surface area contributed by atoms with Crippen LogP contribution in [0.25, 0.3) is 6.08 Å². The van der Waals surface area contributed by atoms with Gasteiger partial charge in [0, 0.05) is 6.61 Å². The third kappa shape index (κ3) is 5.34. The fraction of sp³-hybridized carbons (Fsp3) is 0.565. The lowest BCUT2D eigenvalue weighted by Gasteiger charge is -2.30. The molecular weight excluding hydrogens is 292 g/mol. The van der Waals surface area contributed by atoms with Crippen LogP contribution < -0.4 is 0 Å². The maximum absolute atomic E-state index is 6.19. The molecule has 0 unspecified atom stereocenters. The number of aryl methyl sites for hydroxylation is 1. The van der Waals surface area contributed by atoms with E-state index in [0.717, 1.165) is 18.4 Å². The molecule has 2 saturated carbocycles. The van der Waals surface area contributed by atoms with E-state index in [1.54, 1.807) is 0 Å². The van der Waals surface area contributed by atoms with Gasteiger partial charge >= 0.3 is 0 Å². The maximum atomic E-state index is 6.19. The molecule has 0 bridgehead atoms. The van der Waals surface area contributed by atoms with Crippen LogP contribution >= 0.6 is 0 Å². The van der Waals surface area contributed by atoms with Gasteiger partial charge in [-0.1, -0.05) is 54.1 Å². The van der Waals surface area contributed by atoms with Crippen LogP contribution in [0.1, 0.15) is 62.5 Å². The SMILES string of the molecule is C=C1CCC(OCC2CCC(C=Cc3ccc(C)cc3)CC2)CC1. The van der Waals surface area contributed by atoms with Gasteiger partial charge in [-0.2, -0.15) is 0 Å². The highest BCUT2D eigenvalue weighted by molar-refractivity contribution is 5.49. The fourth-order valence-corrected chi connectivity index (χ4v) is 3.91. The molecule has 0 amide bonds. The number of rotatable bonds is 5. The van der Waals surface area contributed by atoms with Crippen molar-refractivity contribution in [1.82, 2.24) is 0 Å². The molecule has 0 aliphatic heterocycles. The Hall–Kier alpha value is -1.34. The predicted octanol–water partition coefficient (Wildman–Crippen LogP) is 6.33. The predicted molar refractivity (Wildman–Crippen MR) is 103 cm³/mol. The molecule has 130 valence electrons. The van der Waals surface area contributed by atoms with Gasteiger partial charge in [0.25, 0.3) is 0 Å². The second kappa shape index (κ2) is 8.67. The van der Waals surface area contributed by atoms with Crippen molar-refractivity contribution in [3.8, 4) is 0 Å². The van der Waals surface area contributed by atoms with Crippen molar-refractivity contribution >= 4 is 6.08 Å². The van der Waals surface area contributed by atoms with E-state index < -0.39 is 0 Å². The Morgan fingerprint density at radius 1 is 1.00 bits per heavy atom. The van der Waals surface area contributed by atoms with Gasteiger partial charge in [-0.05, 0) is 75.7 Å². The lowest BCUT2D eigenvalue weighted by atomic mass is 9.82. The molecule has 0 N–H and O–H groups in total. The first-order valence-electron chi connectivity index (χ1n) is 9.72. The summed E-state index contributed by atoms with van der Waals surface area (Å²) < 4.78 is 6.19. The van der Waals surface area contributed by atoms with Crippen molar-refractivity contribution in [2.45, 2.75) is 64.4 Å². The number of hydrogen-bond acceptors (Lipinski definition) is 1. The molecular formula is C23H32O. The summed E-state index contributed by atoms with van der Waals surface area (Å²) in [6.45, 7) is 7.21. The number of hydrogen-bond donors (Lipinski definition) is 0. The Morgan fingerprint density at radius 3 is 2.33 bits per heavy atom. The minimum Gasteiger partial charge on any atom is -0.378 e. The fourth-order valence-electron chi connectivity index (χ4n) is 3.91. The Balaban J connectivity index is 1.36. The lowest BCUT2D eigenvalue weighted by molar-refractivity contribution is 0.00495. The average Bonchev–Trinajstić information content (AvgIpc) is 2.62. The van der Waals surface area contributed by atoms with Gasteiger partial charge in [0.15, 0.2) is 0 Å². The van der Waals surface area contributed by atoms with Gasteiger partial charge in [0.1, 0.15) is 0 Å². The van der Waals surface area contributed by atoms with E-state index in [2.05, 4.69) is 49.9 Å². The van der Waals surface area contributed by atoms with Crippen LogP contribution in [0.2, 0.25) is 0 Å². The highest BCUT2D eigenvalue weighted by Gasteiger charge is 2.22. The van der Waals surface area contributed by atoms with Crippen LogP contribution in [0.3, 0.4) is 0 Å². The van der Waals surface area contributed by atoms with E-state index in [4.69, 9.17) is 4.74 Å². The van der Waals surface area contributed by atoms with Crippen LogP contribution in [0.5, 0.6) is 0 Å². The molecule has 24 heavy (non-hydrogen) atoms.